The molecule has 1 aromatic carbocycles. The third-order valence-corrected chi connectivity index (χ3v) is 5.49. The molecule has 1 atom stereocenters. The minimum absolute atomic E-state index is 0.0714. The highest BCUT2D eigenvalue weighted by Gasteiger charge is 2.66. The summed E-state index contributed by atoms with van der Waals surface area (Å²) in [5, 5.41) is 1.17. The number of aromatic nitrogens is 1. The topological polar surface area (TPSA) is 38.9 Å². The largest absolute Gasteiger partial charge is 0.324 e. The minimum Gasteiger partial charge on any atom is -0.324 e. The molecule has 0 saturated heterocycles. The summed E-state index contributed by atoms with van der Waals surface area (Å²) in [5.74, 6) is 0.517. The van der Waals surface area contributed by atoms with Crippen molar-refractivity contribution in [3.05, 3.63) is 42.1 Å². The molecule has 100 valence electrons. The lowest BCUT2D eigenvalue weighted by Crippen LogP contribution is -2.16. The molecule has 1 unspecified atom stereocenters. The zero-order valence-corrected chi connectivity index (χ0v) is 12.1. The first-order chi connectivity index (χ1) is 8.85. The molecule has 19 heavy (non-hydrogen) atoms. The first-order valence-corrected chi connectivity index (χ1v) is 6.96. The van der Waals surface area contributed by atoms with Gasteiger partial charge < -0.3 is 5.73 Å². The van der Waals surface area contributed by atoms with Crippen molar-refractivity contribution in [2.24, 2.45) is 22.5 Å². The normalized spacial score (nSPS) is 22.4. The zero-order chi connectivity index (χ0) is 13.8. The van der Waals surface area contributed by atoms with Crippen LogP contribution >= 0.6 is 0 Å². The molecule has 1 saturated carbocycles. The number of benzene rings is 1. The van der Waals surface area contributed by atoms with E-state index >= 15 is 0 Å². The van der Waals surface area contributed by atoms with E-state index in [1.165, 1.54) is 5.39 Å². The molecule has 0 aliphatic heterocycles. The summed E-state index contributed by atoms with van der Waals surface area (Å²) in [5.41, 5.74) is 9.30. The van der Waals surface area contributed by atoms with E-state index in [2.05, 4.69) is 44.8 Å². The number of rotatable bonds is 2. The molecule has 1 aromatic heterocycles. The monoisotopic (exact) mass is 254 g/mol. The van der Waals surface area contributed by atoms with Gasteiger partial charge in [-0.2, -0.15) is 0 Å². The molecular formula is C17H22N2. The van der Waals surface area contributed by atoms with Crippen LogP contribution in [0.15, 0.2) is 36.5 Å². The molecule has 1 aliphatic carbocycles. The lowest BCUT2D eigenvalue weighted by Gasteiger charge is -2.14. The molecule has 0 radical (unpaired) electrons. The van der Waals surface area contributed by atoms with Gasteiger partial charge in [-0.15, -0.1) is 0 Å². The molecule has 0 amide bonds. The first kappa shape index (κ1) is 12.6. The predicted molar refractivity (Wildman–Crippen MR) is 79.7 cm³/mol. The van der Waals surface area contributed by atoms with Gasteiger partial charge in [0.1, 0.15) is 0 Å². The maximum Gasteiger partial charge on any atom is 0.0702 e. The third kappa shape index (κ3) is 1.70. The Balaban J connectivity index is 1.97. The Kier molecular flexibility index (Phi) is 2.52. The van der Waals surface area contributed by atoms with E-state index in [1.807, 2.05) is 24.4 Å². The highest BCUT2D eigenvalue weighted by molar-refractivity contribution is 5.78. The van der Waals surface area contributed by atoms with Crippen molar-refractivity contribution in [2.75, 3.05) is 0 Å². The van der Waals surface area contributed by atoms with E-state index in [9.17, 15) is 0 Å². The molecule has 2 heteroatoms. The molecule has 0 bridgehead atoms. The SMILES string of the molecule is CC1(C)C(C(N)c2cnc3ccccc3c2)C1(C)C. The quantitative estimate of drug-likeness (QED) is 0.882. The second-order valence-electron chi connectivity index (χ2n) is 6.91. The van der Waals surface area contributed by atoms with Crippen LogP contribution in [0.3, 0.4) is 0 Å². The summed E-state index contributed by atoms with van der Waals surface area (Å²) in [7, 11) is 0. The van der Waals surface area contributed by atoms with E-state index in [-0.39, 0.29) is 6.04 Å². The number of para-hydroxylation sites is 1. The van der Waals surface area contributed by atoms with Crippen LogP contribution in [-0.4, -0.2) is 4.98 Å². The van der Waals surface area contributed by atoms with Crippen LogP contribution < -0.4 is 5.73 Å². The fourth-order valence-electron chi connectivity index (χ4n) is 3.61. The third-order valence-electron chi connectivity index (χ3n) is 5.49. The molecule has 2 aromatic rings. The maximum atomic E-state index is 6.50. The Morgan fingerprint density at radius 3 is 2.37 bits per heavy atom. The van der Waals surface area contributed by atoms with Gasteiger partial charge >= 0.3 is 0 Å². The van der Waals surface area contributed by atoms with Crippen LogP contribution in [0.4, 0.5) is 0 Å². The summed E-state index contributed by atoms with van der Waals surface area (Å²) in [6.45, 7) is 9.25. The van der Waals surface area contributed by atoms with Crippen LogP contribution in [0.2, 0.25) is 0 Å². The van der Waals surface area contributed by atoms with Gasteiger partial charge in [-0.25, -0.2) is 0 Å². The minimum atomic E-state index is 0.0714. The fourth-order valence-corrected chi connectivity index (χ4v) is 3.61. The van der Waals surface area contributed by atoms with Gasteiger partial charge in [-0.1, -0.05) is 45.9 Å². The van der Waals surface area contributed by atoms with Gasteiger partial charge in [-0.3, -0.25) is 4.98 Å². The van der Waals surface area contributed by atoms with Gasteiger partial charge in [-0.05, 0) is 34.4 Å². The van der Waals surface area contributed by atoms with Crippen molar-refractivity contribution in [1.29, 1.82) is 0 Å². The Bertz CT molecular complexity index is 614. The van der Waals surface area contributed by atoms with Crippen molar-refractivity contribution in [1.82, 2.24) is 4.98 Å². The highest BCUT2D eigenvalue weighted by atomic mass is 14.8. The summed E-state index contributed by atoms with van der Waals surface area (Å²) in [6, 6.07) is 10.5. The lowest BCUT2D eigenvalue weighted by molar-refractivity contribution is 0.457. The molecule has 1 aliphatic rings. The average Bonchev–Trinajstić information content (AvgIpc) is 2.78. The number of hydrogen-bond donors (Lipinski definition) is 1. The maximum absolute atomic E-state index is 6.50. The van der Waals surface area contributed by atoms with E-state index in [4.69, 9.17) is 5.73 Å². The van der Waals surface area contributed by atoms with E-state index in [0.717, 1.165) is 11.1 Å². The number of nitrogens with zero attached hydrogens (tertiary/aromatic N) is 1. The van der Waals surface area contributed by atoms with Crippen LogP contribution in [0.25, 0.3) is 10.9 Å². The lowest BCUT2D eigenvalue weighted by atomic mass is 9.98. The summed E-state index contributed by atoms with van der Waals surface area (Å²) in [4.78, 5) is 4.53. The van der Waals surface area contributed by atoms with Gasteiger partial charge in [0.2, 0.25) is 0 Å². The van der Waals surface area contributed by atoms with Gasteiger partial charge in [0.05, 0.1) is 5.52 Å². The van der Waals surface area contributed by atoms with Crippen molar-refractivity contribution < 1.29 is 0 Å². The van der Waals surface area contributed by atoms with Crippen LogP contribution in [0.5, 0.6) is 0 Å². The smallest absolute Gasteiger partial charge is 0.0702 e. The van der Waals surface area contributed by atoms with Crippen molar-refractivity contribution in [2.45, 2.75) is 33.7 Å². The van der Waals surface area contributed by atoms with E-state index in [0.29, 0.717) is 16.7 Å². The van der Waals surface area contributed by atoms with Crippen molar-refractivity contribution in [3.63, 3.8) is 0 Å². The van der Waals surface area contributed by atoms with E-state index in [1.54, 1.807) is 0 Å². The fraction of sp³-hybridized carbons (Fsp3) is 0.471. The Labute approximate surface area is 115 Å². The number of fused-ring (bicyclic) bond motifs is 1. The van der Waals surface area contributed by atoms with Gasteiger partial charge in [0, 0.05) is 17.6 Å². The van der Waals surface area contributed by atoms with Crippen molar-refractivity contribution in [3.8, 4) is 0 Å². The molecular weight excluding hydrogens is 232 g/mol. The van der Waals surface area contributed by atoms with Crippen molar-refractivity contribution >= 4 is 10.9 Å². The van der Waals surface area contributed by atoms with Crippen LogP contribution in [-0.2, 0) is 0 Å². The molecule has 1 heterocycles. The van der Waals surface area contributed by atoms with Crippen LogP contribution in [0.1, 0.15) is 39.3 Å². The van der Waals surface area contributed by atoms with E-state index < -0.39 is 0 Å². The molecule has 3 rings (SSSR count). The predicted octanol–water partition coefficient (Wildman–Crippen LogP) is 3.92. The number of nitrogens with two attached hydrogens (primary N) is 1. The Morgan fingerprint density at radius 2 is 1.74 bits per heavy atom. The van der Waals surface area contributed by atoms with Crippen LogP contribution in [0, 0.1) is 16.7 Å². The summed E-state index contributed by atoms with van der Waals surface area (Å²) < 4.78 is 0. The van der Waals surface area contributed by atoms with Gasteiger partial charge in [0.15, 0.2) is 0 Å². The zero-order valence-electron chi connectivity index (χ0n) is 12.1. The molecule has 2 nitrogen and oxygen atoms in total. The molecule has 0 spiro atoms. The summed E-state index contributed by atoms with van der Waals surface area (Å²) in [6.07, 6.45) is 1.94. The number of hydrogen-bond acceptors (Lipinski definition) is 2. The first-order valence-electron chi connectivity index (χ1n) is 6.96. The Morgan fingerprint density at radius 1 is 1.11 bits per heavy atom. The average molecular weight is 254 g/mol. The molecule has 2 N–H and O–H groups in total. The molecule has 1 fully saturated rings. The highest BCUT2D eigenvalue weighted by Crippen LogP contribution is 2.71. The number of pyridine rings is 1. The van der Waals surface area contributed by atoms with Gasteiger partial charge in [0.25, 0.3) is 0 Å². The second-order valence-corrected chi connectivity index (χ2v) is 6.91. The summed E-state index contributed by atoms with van der Waals surface area (Å²) >= 11 is 0. The second kappa shape index (κ2) is 3.80. The Hall–Kier alpha value is -1.41. The standard InChI is InChI=1S/C17H22N2/c1-16(2)15(17(16,3)4)14(18)12-9-11-7-5-6-8-13(11)19-10-12/h5-10,14-15H,18H2,1-4H3.